The van der Waals surface area contributed by atoms with Gasteiger partial charge in [-0.3, -0.25) is 19.2 Å². The van der Waals surface area contributed by atoms with Gasteiger partial charge in [-0.2, -0.15) is 0 Å². The van der Waals surface area contributed by atoms with E-state index < -0.39 is 0 Å². The molecule has 0 fully saturated rings. The summed E-state index contributed by atoms with van der Waals surface area (Å²) in [6, 6.07) is 16.1. The molecule has 0 bridgehead atoms. The lowest BCUT2D eigenvalue weighted by molar-refractivity contribution is 0.415. The van der Waals surface area contributed by atoms with Crippen molar-refractivity contribution in [2.45, 2.75) is 0 Å². The van der Waals surface area contributed by atoms with E-state index in [0.717, 1.165) is 0 Å². The lowest BCUT2D eigenvalue weighted by Gasteiger charge is -2.08. The van der Waals surface area contributed by atoms with Crippen LogP contribution in [0.3, 0.4) is 0 Å². The topological polar surface area (TPSA) is 86.7 Å². The Morgan fingerprint density at radius 3 is 1.03 bits per heavy atom. The van der Waals surface area contributed by atoms with Crippen LogP contribution in [0.2, 0.25) is 0 Å². The molecule has 0 N–H and O–H groups in total. The van der Waals surface area contributed by atoms with Crippen molar-refractivity contribution in [1.82, 2.24) is 0 Å². The van der Waals surface area contributed by atoms with Gasteiger partial charge >= 0.3 is 0 Å². The molecule has 164 valence electrons. The Kier molecular flexibility index (Phi) is 4.10. The first-order valence-corrected chi connectivity index (χ1v) is 10.6. The van der Waals surface area contributed by atoms with Crippen LogP contribution in [-0.4, -0.2) is 14.2 Å². The van der Waals surface area contributed by atoms with Crippen molar-refractivity contribution in [2.24, 2.45) is 0 Å². The number of rotatable bonds is 2. The molecule has 0 saturated carbocycles. The van der Waals surface area contributed by atoms with Crippen molar-refractivity contribution in [3.8, 4) is 11.5 Å². The molecule has 0 unspecified atom stereocenters. The largest absolute Gasteiger partial charge is 0.497 e. The molecule has 0 aliphatic rings. The lowest BCUT2D eigenvalue weighted by atomic mass is 9.95. The van der Waals surface area contributed by atoms with Crippen LogP contribution in [0.5, 0.6) is 11.5 Å². The molecule has 0 aliphatic carbocycles. The summed E-state index contributed by atoms with van der Waals surface area (Å²) < 4.78 is 10.4. The molecule has 6 rings (SSSR count). The molecule has 0 aliphatic heterocycles. The normalized spacial score (nSPS) is 11.7. The van der Waals surface area contributed by atoms with Crippen LogP contribution in [0.1, 0.15) is 0 Å². The first kappa shape index (κ1) is 20.1. The zero-order valence-corrected chi connectivity index (χ0v) is 18.2. The van der Waals surface area contributed by atoms with E-state index in [9.17, 15) is 19.2 Å². The molecule has 0 amide bonds. The van der Waals surface area contributed by atoms with Gasteiger partial charge in [0.15, 0.2) is 21.7 Å². The maximum atomic E-state index is 13.3. The van der Waals surface area contributed by atoms with Gasteiger partial charge in [-0.05, 0) is 71.4 Å². The number of ether oxygens (including phenoxy) is 2. The van der Waals surface area contributed by atoms with E-state index in [1.807, 2.05) is 0 Å². The molecule has 6 aromatic carbocycles. The number of hydrogen-bond donors (Lipinski definition) is 0. The highest BCUT2D eigenvalue weighted by atomic mass is 16.5. The fraction of sp³-hybridized carbons (Fsp3) is 0.0714. The summed E-state index contributed by atoms with van der Waals surface area (Å²) in [5.74, 6) is 0.966. The predicted octanol–water partition coefficient (Wildman–Crippen LogP) is 3.79. The maximum Gasteiger partial charge on any atom is 0.194 e. The molecule has 0 aromatic heterocycles. The molecule has 34 heavy (non-hydrogen) atoms. The van der Waals surface area contributed by atoms with Crippen LogP contribution < -0.4 is 31.2 Å². The zero-order chi connectivity index (χ0) is 23.7. The SMILES string of the molecule is COc1ccc2c(=O)c3cc4cc5c(=O)c6ccc(OC)cc6c(=O)c5cc4cc3c(=O)c2c1. The van der Waals surface area contributed by atoms with Crippen molar-refractivity contribution in [1.29, 1.82) is 0 Å². The second-order valence-corrected chi connectivity index (χ2v) is 8.28. The average molecular weight is 448 g/mol. The first-order valence-electron chi connectivity index (χ1n) is 10.6. The second kappa shape index (κ2) is 6.96. The smallest absolute Gasteiger partial charge is 0.194 e. The summed E-state index contributed by atoms with van der Waals surface area (Å²) in [7, 11) is 2.99. The standard InChI is InChI=1S/C28H16O6/c1-33-15-3-5-17-23(11-15)27(31)21-9-14-10-22-20(8-13(14)7-19(21)25(17)29)26(30)18-6-4-16(34-2)12-24(18)28(22)32/h3-12H,1-2H3. The molecular formula is C28H16O6. The number of methoxy groups -OCH3 is 2. The van der Waals surface area contributed by atoms with Crippen molar-refractivity contribution in [2.75, 3.05) is 14.2 Å². The molecular weight excluding hydrogens is 432 g/mol. The van der Waals surface area contributed by atoms with Gasteiger partial charge in [-0.15, -0.1) is 0 Å². The minimum atomic E-state index is -0.291. The molecule has 0 spiro atoms. The Morgan fingerprint density at radius 2 is 0.706 bits per heavy atom. The van der Waals surface area contributed by atoms with Gasteiger partial charge in [0.25, 0.3) is 0 Å². The second-order valence-electron chi connectivity index (χ2n) is 8.28. The molecule has 0 saturated heterocycles. The summed E-state index contributed by atoms with van der Waals surface area (Å²) in [5.41, 5.74) is -1.13. The minimum absolute atomic E-state index is 0.259. The van der Waals surface area contributed by atoms with E-state index in [1.165, 1.54) is 14.2 Å². The van der Waals surface area contributed by atoms with Crippen molar-refractivity contribution in [3.63, 3.8) is 0 Å². The van der Waals surface area contributed by atoms with E-state index in [0.29, 0.717) is 33.0 Å². The number of fused-ring (bicyclic) bond motifs is 5. The van der Waals surface area contributed by atoms with Crippen LogP contribution in [0.25, 0.3) is 53.9 Å². The summed E-state index contributed by atoms with van der Waals surface area (Å²) in [6.07, 6.45) is 0. The van der Waals surface area contributed by atoms with Crippen LogP contribution in [-0.2, 0) is 0 Å². The maximum absolute atomic E-state index is 13.3. The summed E-state index contributed by atoms with van der Waals surface area (Å²) in [4.78, 5) is 52.9. The van der Waals surface area contributed by atoms with Crippen LogP contribution >= 0.6 is 0 Å². The van der Waals surface area contributed by atoms with E-state index in [-0.39, 0.29) is 54.0 Å². The fourth-order valence-electron chi connectivity index (χ4n) is 4.75. The molecule has 6 nitrogen and oxygen atoms in total. The van der Waals surface area contributed by atoms with E-state index in [4.69, 9.17) is 9.47 Å². The third kappa shape index (κ3) is 2.62. The summed E-state index contributed by atoms with van der Waals surface area (Å²) in [5, 5.41) is 3.44. The van der Waals surface area contributed by atoms with Crippen LogP contribution in [0.4, 0.5) is 0 Å². The molecule has 6 aromatic rings. The van der Waals surface area contributed by atoms with E-state index >= 15 is 0 Å². The number of benzene rings is 6. The zero-order valence-electron chi connectivity index (χ0n) is 18.2. The Bertz CT molecular complexity index is 1920. The third-order valence-electron chi connectivity index (χ3n) is 6.52. The van der Waals surface area contributed by atoms with E-state index in [1.54, 1.807) is 60.7 Å². The highest BCUT2D eigenvalue weighted by molar-refractivity contribution is 6.10. The van der Waals surface area contributed by atoms with Crippen molar-refractivity contribution >= 4 is 53.9 Å². The van der Waals surface area contributed by atoms with Gasteiger partial charge in [-0.25, -0.2) is 0 Å². The van der Waals surface area contributed by atoms with Gasteiger partial charge in [0.05, 0.1) is 14.2 Å². The molecule has 6 heteroatoms. The van der Waals surface area contributed by atoms with Gasteiger partial charge < -0.3 is 9.47 Å². The highest BCUT2D eigenvalue weighted by Crippen LogP contribution is 2.27. The van der Waals surface area contributed by atoms with Crippen LogP contribution in [0, 0.1) is 0 Å². The third-order valence-corrected chi connectivity index (χ3v) is 6.52. The highest BCUT2D eigenvalue weighted by Gasteiger charge is 2.16. The Morgan fingerprint density at radius 1 is 0.412 bits per heavy atom. The fourth-order valence-corrected chi connectivity index (χ4v) is 4.75. The van der Waals surface area contributed by atoms with Crippen molar-refractivity contribution < 1.29 is 9.47 Å². The predicted molar refractivity (Wildman–Crippen MR) is 135 cm³/mol. The van der Waals surface area contributed by atoms with Gasteiger partial charge in [0.2, 0.25) is 0 Å². The Balaban J connectivity index is 1.78. The van der Waals surface area contributed by atoms with Crippen molar-refractivity contribution in [3.05, 3.63) is 102 Å². The average Bonchev–Trinajstić information content (AvgIpc) is 2.88. The number of hydrogen-bond acceptors (Lipinski definition) is 6. The Hall–Kier alpha value is -4.58. The van der Waals surface area contributed by atoms with E-state index in [2.05, 4.69) is 0 Å². The molecule has 0 atom stereocenters. The van der Waals surface area contributed by atoms with Crippen LogP contribution in [0.15, 0.2) is 79.8 Å². The summed E-state index contributed by atoms with van der Waals surface area (Å²) in [6.45, 7) is 0. The Labute approximate surface area is 190 Å². The quantitative estimate of drug-likeness (QED) is 0.375. The monoisotopic (exact) mass is 448 g/mol. The van der Waals surface area contributed by atoms with Gasteiger partial charge in [0, 0.05) is 43.1 Å². The lowest BCUT2D eigenvalue weighted by Crippen LogP contribution is -2.14. The minimum Gasteiger partial charge on any atom is -0.497 e. The van der Waals surface area contributed by atoms with Gasteiger partial charge in [0.1, 0.15) is 11.5 Å². The molecule has 0 radical (unpaired) electrons. The summed E-state index contributed by atoms with van der Waals surface area (Å²) >= 11 is 0. The van der Waals surface area contributed by atoms with Gasteiger partial charge in [-0.1, -0.05) is 0 Å². The first-order chi connectivity index (χ1) is 16.4. The molecule has 0 heterocycles.